The predicted octanol–water partition coefficient (Wildman–Crippen LogP) is 4.39. The van der Waals surface area contributed by atoms with Crippen molar-refractivity contribution in [3.63, 3.8) is 0 Å². The number of hydrogen-bond donors (Lipinski definition) is 1. The van der Waals surface area contributed by atoms with Crippen molar-refractivity contribution < 1.29 is 4.79 Å². The van der Waals surface area contributed by atoms with Crippen LogP contribution in [-0.4, -0.2) is 51.5 Å². The van der Waals surface area contributed by atoms with Gasteiger partial charge in [0, 0.05) is 31.1 Å². The summed E-state index contributed by atoms with van der Waals surface area (Å²) in [6, 6.07) is 5.12. The van der Waals surface area contributed by atoms with Crippen LogP contribution in [0.15, 0.2) is 12.1 Å². The fourth-order valence-electron chi connectivity index (χ4n) is 6.04. The molecule has 1 aromatic carbocycles. The number of carbonyl (C=O) groups is 1. The van der Waals surface area contributed by atoms with Crippen molar-refractivity contribution in [3.8, 4) is 0 Å². The minimum Gasteiger partial charge on any atom is -0.342 e. The van der Waals surface area contributed by atoms with Crippen LogP contribution in [0.3, 0.4) is 0 Å². The topological polar surface area (TPSA) is 52.2 Å². The molecule has 28 heavy (non-hydrogen) atoms. The van der Waals surface area contributed by atoms with E-state index >= 15 is 0 Å². The number of amides is 2. The van der Waals surface area contributed by atoms with Gasteiger partial charge in [-0.2, -0.15) is 0 Å². The highest BCUT2D eigenvalue weighted by Crippen LogP contribution is 2.56. The number of aromatic amines is 1. The molecular formula is C23H32N4O. The Morgan fingerprint density at radius 1 is 1.14 bits per heavy atom. The van der Waals surface area contributed by atoms with Gasteiger partial charge >= 0.3 is 6.03 Å². The molecule has 3 aliphatic rings. The Morgan fingerprint density at radius 2 is 1.89 bits per heavy atom. The van der Waals surface area contributed by atoms with Crippen LogP contribution in [-0.2, 0) is 11.8 Å². The number of carbonyl (C=O) groups excluding carboxylic acids is 1. The second-order valence-corrected chi connectivity index (χ2v) is 9.90. The molecule has 150 valence electrons. The summed E-state index contributed by atoms with van der Waals surface area (Å²) in [7, 11) is 0. The summed E-state index contributed by atoms with van der Waals surface area (Å²) in [4.78, 5) is 25.8. The summed E-state index contributed by atoms with van der Waals surface area (Å²) in [5, 5.41) is 0. The van der Waals surface area contributed by atoms with Crippen molar-refractivity contribution in [1.29, 1.82) is 0 Å². The van der Waals surface area contributed by atoms with E-state index in [0.29, 0.717) is 0 Å². The Labute approximate surface area is 167 Å². The van der Waals surface area contributed by atoms with Gasteiger partial charge in [0.25, 0.3) is 0 Å². The number of nitrogens with zero attached hydrogens (tertiary/aromatic N) is 3. The van der Waals surface area contributed by atoms with Crippen molar-refractivity contribution in [2.45, 2.75) is 71.3 Å². The SMILES string of the molecule is Cc1nc2cc3c(cc2[nH]1)C[C@H]1N(C(=O)N2CCCCC2)CC[C@]3(C)C1(C)C. The quantitative estimate of drug-likeness (QED) is 0.737. The molecule has 2 fully saturated rings. The highest BCUT2D eigenvalue weighted by atomic mass is 16.2. The number of piperidine rings is 2. The van der Waals surface area contributed by atoms with E-state index in [0.717, 1.165) is 62.2 Å². The van der Waals surface area contributed by atoms with Gasteiger partial charge in [-0.05, 0) is 67.7 Å². The van der Waals surface area contributed by atoms with E-state index in [2.05, 4.69) is 52.7 Å². The molecule has 1 N–H and O–H groups in total. The first-order valence-electron chi connectivity index (χ1n) is 10.9. The molecule has 5 nitrogen and oxygen atoms in total. The molecule has 0 spiro atoms. The van der Waals surface area contributed by atoms with Gasteiger partial charge in [-0.25, -0.2) is 9.78 Å². The Balaban J connectivity index is 1.57. The average molecular weight is 381 g/mol. The van der Waals surface area contributed by atoms with Gasteiger partial charge in [0.2, 0.25) is 0 Å². The summed E-state index contributed by atoms with van der Waals surface area (Å²) in [5.74, 6) is 0.964. The number of fused-ring (bicyclic) bond motifs is 5. The van der Waals surface area contributed by atoms with Gasteiger partial charge in [-0.3, -0.25) is 0 Å². The van der Waals surface area contributed by atoms with Gasteiger partial charge in [0.15, 0.2) is 0 Å². The molecule has 2 saturated heterocycles. The Kier molecular flexibility index (Phi) is 3.85. The zero-order valence-electron chi connectivity index (χ0n) is 17.6. The number of urea groups is 1. The third kappa shape index (κ3) is 2.37. The minimum atomic E-state index is 0.0305. The third-order valence-corrected chi connectivity index (χ3v) is 8.19. The second-order valence-electron chi connectivity index (χ2n) is 9.90. The average Bonchev–Trinajstić information content (AvgIpc) is 3.03. The maximum atomic E-state index is 13.4. The van der Waals surface area contributed by atoms with E-state index in [1.54, 1.807) is 0 Å². The largest absolute Gasteiger partial charge is 0.342 e. The maximum absolute atomic E-state index is 13.4. The molecule has 0 saturated carbocycles. The number of nitrogens with one attached hydrogen (secondary N) is 1. The molecular weight excluding hydrogens is 348 g/mol. The highest BCUT2D eigenvalue weighted by molar-refractivity contribution is 5.79. The molecule has 1 aromatic heterocycles. The van der Waals surface area contributed by atoms with Crippen molar-refractivity contribution in [3.05, 3.63) is 29.1 Å². The molecule has 3 heterocycles. The summed E-state index contributed by atoms with van der Waals surface area (Å²) in [6.45, 7) is 11.9. The lowest BCUT2D eigenvalue weighted by Crippen LogP contribution is -2.66. The number of imidazole rings is 1. The molecule has 0 radical (unpaired) electrons. The van der Waals surface area contributed by atoms with E-state index in [9.17, 15) is 4.79 Å². The molecule has 2 bridgehead atoms. The summed E-state index contributed by atoms with van der Waals surface area (Å²) in [6.07, 6.45) is 5.49. The van der Waals surface area contributed by atoms with E-state index in [-0.39, 0.29) is 22.9 Å². The second kappa shape index (κ2) is 5.98. The first kappa shape index (κ1) is 18.0. The van der Waals surface area contributed by atoms with E-state index in [1.807, 2.05) is 6.92 Å². The normalized spacial score (nSPS) is 29.1. The van der Waals surface area contributed by atoms with Gasteiger partial charge in [0.1, 0.15) is 5.82 Å². The van der Waals surface area contributed by atoms with Gasteiger partial charge in [-0.1, -0.05) is 20.8 Å². The van der Waals surface area contributed by atoms with Gasteiger partial charge in [0.05, 0.1) is 11.0 Å². The number of benzene rings is 1. The molecule has 5 heteroatoms. The molecule has 1 aliphatic carbocycles. The number of aromatic nitrogens is 2. The van der Waals surface area contributed by atoms with Crippen LogP contribution >= 0.6 is 0 Å². The van der Waals surface area contributed by atoms with Crippen LogP contribution in [0.2, 0.25) is 0 Å². The number of likely N-dealkylation sites (tertiary alicyclic amines) is 2. The maximum Gasteiger partial charge on any atom is 0.320 e. The fourth-order valence-corrected chi connectivity index (χ4v) is 6.04. The smallest absolute Gasteiger partial charge is 0.320 e. The summed E-state index contributed by atoms with van der Waals surface area (Å²) >= 11 is 0. The lowest BCUT2D eigenvalue weighted by atomic mass is 9.51. The van der Waals surface area contributed by atoms with Crippen molar-refractivity contribution in [1.82, 2.24) is 19.8 Å². The Hall–Kier alpha value is -2.04. The zero-order valence-corrected chi connectivity index (χ0v) is 17.6. The monoisotopic (exact) mass is 380 g/mol. The van der Waals surface area contributed by atoms with E-state index in [1.165, 1.54) is 17.5 Å². The lowest BCUT2D eigenvalue weighted by Gasteiger charge is -2.61. The van der Waals surface area contributed by atoms with Crippen molar-refractivity contribution in [2.75, 3.05) is 19.6 Å². The number of hydrogen-bond acceptors (Lipinski definition) is 2. The number of aryl methyl sites for hydroxylation is 1. The van der Waals surface area contributed by atoms with Crippen LogP contribution < -0.4 is 0 Å². The van der Waals surface area contributed by atoms with Gasteiger partial charge < -0.3 is 14.8 Å². The molecule has 0 unspecified atom stereocenters. The lowest BCUT2D eigenvalue weighted by molar-refractivity contribution is -0.0241. The van der Waals surface area contributed by atoms with E-state index < -0.39 is 0 Å². The molecule has 5 rings (SSSR count). The first-order valence-corrected chi connectivity index (χ1v) is 10.9. The van der Waals surface area contributed by atoms with Crippen molar-refractivity contribution >= 4 is 17.1 Å². The van der Waals surface area contributed by atoms with Crippen LogP contribution in [0.5, 0.6) is 0 Å². The standard InChI is InChI=1S/C23H32N4O/c1-15-24-18-12-16-13-20-22(2,3)23(4,17(16)14-19(18)25-15)8-11-27(20)21(28)26-9-6-5-7-10-26/h12,14,20H,5-11,13H2,1-4H3,(H,24,25)/t20-,23+/m1/s1. The van der Waals surface area contributed by atoms with Gasteiger partial charge in [-0.15, -0.1) is 0 Å². The zero-order chi connectivity index (χ0) is 19.7. The van der Waals surface area contributed by atoms with Crippen LogP contribution in [0.4, 0.5) is 4.79 Å². The fraction of sp³-hybridized carbons (Fsp3) is 0.652. The summed E-state index contributed by atoms with van der Waals surface area (Å²) < 4.78 is 0. The third-order valence-electron chi connectivity index (χ3n) is 8.19. The molecule has 2 aliphatic heterocycles. The van der Waals surface area contributed by atoms with Crippen LogP contribution in [0.1, 0.15) is 63.4 Å². The highest BCUT2D eigenvalue weighted by Gasteiger charge is 2.57. The molecule has 2 amide bonds. The number of H-pyrrole nitrogens is 1. The molecule has 2 atom stereocenters. The minimum absolute atomic E-state index is 0.0305. The van der Waals surface area contributed by atoms with Crippen LogP contribution in [0.25, 0.3) is 11.0 Å². The van der Waals surface area contributed by atoms with Crippen LogP contribution in [0, 0.1) is 12.3 Å². The first-order chi connectivity index (χ1) is 13.3. The summed E-state index contributed by atoms with van der Waals surface area (Å²) in [5.41, 5.74) is 5.11. The predicted molar refractivity (Wildman–Crippen MR) is 112 cm³/mol. The van der Waals surface area contributed by atoms with E-state index in [4.69, 9.17) is 0 Å². The Bertz CT molecular complexity index is 939. The number of rotatable bonds is 0. The molecule has 2 aromatic rings. The van der Waals surface area contributed by atoms with Crippen molar-refractivity contribution in [2.24, 2.45) is 5.41 Å². The Morgan fingerprint density at radius 3 is 2.64 bits per heavy atom.